The number of benzene rings is 1. The number of halogens is 3. The second-order valence-electron chi connectivity index (χ2n) is 3.85. The molecule has 0 heterocycles. The van der Waals surface area contributed by atoms with Crippen molar-refractivity contribution in [2.24, 2.45) is 0 Å². The molecule has 1 rings (SSSR count). The monoisotopic (exact) mass is 279 g/mol. The van der Waals surface area contributed by atoms with E-state index in [9.17, 15) is 0 Å². The highest BCUT2D eigenvalue weighted by molar-refractivity contribution is 6.35. The van der Waals surface area contributed by atoms with Crippen molar-refractivity contribution in [2.75, 3.05) is 5.88 Å². The van der Waals surface area contributed by atoms with E-state index in [0.29, 0.717) is 22.0 Å². The quantitative estimate of drug-likeness (QED) is 0.757. The van der Waals surface area contributed by atoms with Gasteiger partial charge in [-0.25, -0.2) is 0 Å². The standard InChI is InChI=1S/C12H16Cl3N/c1-9(3-2-6-13)16-8-10-4-5-11(14)7-12(10)15/h4-5,7,9,16H,2-3,6,8H2,1H3. The van der Waals surface area contributed by atoms with E-state index in [2.05, 4.69) is 12.2 Å². The van der Waals surface area contributed by atoms with E-state index in [0.717, 1.165) is 24.9 Å². The SMILES string of the molecule is CC(CCCCl)NCc1ccc(Cl)cc1Cl. The molecule has 1 aromatic rings. The summed E-state index contributed by atoms with van der Waals surface area (Å²) in [6, 6.07) is 6.02. The summed E-state index contributed by atoms with van der Waals surface area (Å²) in [4.78, 5) is 0. The molecule has 1 aromatic carbocycles. The highest BCUT2D eigenvalue weighted by atomic mass is 35.5. The van der Waals surface area contributed by atoms with E-state index in [1.54, 1.807) is 6.07 Å². The maximum atomic E-state index is 6.07. The van der Waals surface area contributed by atoms with Crippen LogP contribution in [0, 0.1) is 0 Å². The topological polar surface area (TPSA) is 12.0 Å². The van der Waals surface area contributed by atoms with Gasteiger partial charge >= 0.3 is 0 Å². The summed E-state index contributed by atoms with van der Waals surface area (Å²) in [5.74, 6) is 0.716. The highest BCUT2D eigenvalue weighted by Gasteiger charge is 2.04. The minimum absolute atomic E-state index is 0.450. The van der Waals surface area contributed by atoms with Crippen molar-refractivity contribution in [3.05, 3.63) is 33.8 Å². The Morgan fingerprint density at radius 1 is 1.31 bits per heavy atom. The molecule has 90 valence electrons. The molecule has 4 heteroatoms. The Bertz CT molecular complexity index is 328. The Kier molecular flexibility index (Phi) is 6.52. The maximum absolute atomic E-state index is 6.07. The molecule has 0 spiro atoms. The van der Waals surface area contributed by atoms with E-state index in [4.69, 9.17) is 34.8 Å². The minimum atomic E-state index is 0.450. The van der Waals surface area contributed by atoms with Gasteiger partial charge in [0.1, 0.15) is 0 Å². The van der Waals surface area contributed by atoms with Crippen molar-refractivity contribution >= 4 is 34.8 Å². The van der Waals surface area contributed by atoms with E-state index >= 15 is 0 Å². The van der Waals surface area contributed by atoms with Gasteiger partial charge in [0.25, 0.3) is 0 Å². The predicted molar refractivity (Wildman–Crippen MR) is 72.7 cm³/mol. The van der Waals surface area contributed by atoms with E-state index in [1.165, 1.54) is 0 Å². The van der Waals surface area contributed by atoms with Crippen LogP contribution >= 0.6 is 34.8 Å². The molecule has 0 bridgehead atoms. The van der Waals surface area contributed by atoms with Crippen molar-refractivity contribution in [3.8, 4) is 0 Å². The average molecular weight is 281 g/mol. The molecule has 1 nitrogen and oxygen atoms in total. The first kappa shape index (κ1) is 14.1. The number of rotatable bonds is 6. The molecule has 0 fully saturated rings. The second-order valence-corrected chi connectivity index (χ2v) is 5.07. The normalized spacial score (nSPS) is 12.8. The van der Waals surface area contributed by atoms with Gasteiger partial charge in [-0.05, 0) is 37.5 Å². The minimum Gasteiger partial charge on any atom is -0.310 e. The van der Waals surface area contributed by atoms with Crippen LogP contribution in [0.5, 0.6) is 0 Å². The first-order valence-corrected chi connectivity index (χ1v) is 6.66. The van der Waals surface area contributed by atoms with Gasteiger partial charge in [0.15, 0.2) is 0 Å². The molecular weight excluding hydrogens is 264 g/mol. The van der Waals surface area contributed by atoms with Crippen molar-refractivity contribution < 1.29 is 0 Å². The molecule has 1 N–H and O–H groups in total. The smallest absolute Gasteiger partial charge is 0.0465 e. The number of hydrogen-bond donors (Lipinski definition) is 1. The van der Waals surface area contributed by atoms with Gasteiger partial charge in [0.2, 0.25) is 0 Å². The fourth-order valence-corrected chi connectivity index (χ4v) is 2.06. The van der Waals surface area contributed by atoms with Gasteiger partial charge in [-0.2, -0.15) is 0 Å². The Morgan fingerprint density at radius 3 is 2.69 bits per heavy atom. The van der Waals surface area contributed by atoms with Crippen LogP contribution in [-0.4, -0.2) is 11.9 Å². The number of alkyl halides is 1. The molecule has 0 radical (unpaired) electrons. The summed E-state index contributed by atoms with van der Waals surface area (Å²) in [5.41, 5.74) is 1.07. The van der Waals surface area contributed by atoms with Gasteiger partial charge in [0.05, 0.1) is 0 Å². The third kappa shape index (κ3) is 4.92. The Hall–Kier alpha value is 0.0500. The van der Waals surface area contributed by atoms with E-state index in [1.807, 2.05) is 12.1 Å². The molecule has 0 saturated heterocycles. The summed E-state index contributed by atoms with van der Waals surface area (Å²) >= 11 is 17.5. The largest absolute Gasteiger partial charge is 0.310 e. The van der Waals surface area contributed by atoms with Crippen LogP contribution in [0.25, 0.3) is 0 Å². The molecule has 1 unspecified atom stereocenters. The first-order chi connectivity index (χ1) is 7.63. The van der Waals surface area contributed by atoms with Gasteiger partial charge < -0.3 is 5.32 Å². The van der Waals surface area contributed by atoms with Crippen LogP contribution in [0.3, 0.4) is 0 Å². The Labute approximate surface area is 112 Å². The average Bonchev–Trinajstić information content (AvgIpc) is 2.25. The Balaban J connectivity index is 2.42. The second kappa shape index (κ2) is 7.39. The molecule has 0 aliphatic rings. The van der Waals surface area contributed by atoms with E-state index in [-0.39, 0.29) is 0 Å². The third-order valence-corrected chi connectivity index (χ3v) is 3.28. The zero-order chi connectivity index (χ0) is 12.0. The summed E-state index contributed by atoms with van der Waals surface area (Å²) < 4.78 is 0. The lowest BCUT2D eigenvalue weighted by molar-refractivity contribution is 0.509. The van der Waals surface area contributed by atoms with E-state index < -0.39 is 0 Å². The van der Waals surface area contributed by atoms with Crippen LogP contribution in [0.2, 0.25) is 10.0 Å². The predicted octanol–water partition coefficient (Wildman–Crippen LogP) is 4.49. The summed E-state index contributed by atoms with van der Waals surface area (Å²) in [6.07, 6.45) is 2.11. The fourth-order valence-electron chi connectivity index (χ4n) is 1.43. The maximum Gasteiger partial charge on any atom is 0.0465 e. The van der Waals surface area contributed by atoms with Crippen molar-refractivity contribution in [1.29, 1.82) is 0 Å². The van der Waals surface area contributed by atoms with Crippen molar-refractivity contribution in [3.63, 3.8) is 0 Å². The van der Waals surface area contributed by atoms with Gasteiger partial charge in [0, 0.05) is 28.5 Å². The fraction of sp³-hybridized carbons (Fsp3) is 0.500. The molecule has 0 amide bonds. The van der Waals surface area contributed by atoms with Gasteiger partial charge in [-0.1, -0.05) is 29.3 Å². The lowest BCUT2D eigenvalue weighted by atomic mass is 10.1. The van der Waals surface area contributed by atoms with Crippen LogP contribution in [-0.2, 0) is 6.54 Å². The molecular formula is C12H16Cl3N. The van der Waals surface area contributed by atoms with Crippen LogP contribution in [0.4, 0.5) is 0 Å². The summed E-state index contributed by atoms with van der Waals surface area (Å²) in [7, 11) is 0. The highest BCUT2D eigenvalue weighted by Crippen LogP contribution is 2.20. The molecule has 0 aliphatic heterocycles. The Morgan fingerprint density at radius 2 is 2.06 bits per heavy atom. The van der Waals surface area contributed by atoms with Crippen LogP contribution in [0.15, 0.2) is 18.2 Å². The number of nitrogens with one attached hydrogen (secondary N) is 1. The lowest BCUT2D eigenvalue weighted by Gasteiger charge is -2.13. The van der Waals surface area contributed by atoms with Crippen molar-refractivity contribution in [2.45, 2.75) is 32.4 Å². The number of hydrogen-bond acceptors (Lipinski definition) is 1. The van der Waals surface area contributed by atoms with Gasteiger partial charge in [-0.3, -0.25) is 0 Å². The molecule has 0 aromatic heterocycles. The van der Waals surface area contributed by atoms with Crippen molar-refractivity contribution in [1.82, 2.24) is 5.32 Å². The van der Waals surface area contributed by atoms with Crippen LogP contribution in [0.1, 0.15) is 25.3 Å². The zero-order valence-corrected chi connectivity index (χ0v) is 11.5. The lowest BCUT2D eigenvalue weighted by Crippen LogP contribution is -2.25. The summed E-state index contributed by atoms with van der Waals surface area (Å²) in [6.45, 7) is 2.91. The molecule has 16 heavy (non-hydrogen) atoms. The molecule has 1 atom stereocenters. The molecule has 0 aliphatic carbocycles. The zero-order valence-electron chi connectivity index (χ0n) is 9.27. The third-order valence-electron chi connectivity index (χ3n) is 2.43. The first-order valence-electron chi connectivity index (χ1n) is 5.36. The van der Waals surface area contributed by atoms with Crippen LogP contribution < -0.4 is 5.32 Å². The van der Waals surface area contributed by atoms with Gasteiger partial charge in [-0.15, -0.1) is 11.6 Å². The summed E-state index contributed by atoms with van der Waals surface area (Å²) in [5, 5.41) is 4.79. The molecule has 0 saturated carbocycles.